The van der Waals surface area contributed by atoms with E-state index in [1.807, 2.05) is 0 Å². The first kappa shape index (κ1) is 12.2. The predicted octanol–water partition coefficient (Wildman–Crippen LogP) is 3.63. The van der Waals surface area contributed by atoms with Gasteiger partial charge in [0.1, 0.15) is 0 Å². The summed E-state index contributed by atoms with van der Waals surface area (Å²) in [6, 6.07) is 7.08. The Morgan fingerprint density at radius 1 is 1.28 bits per heavy atom. The van der Waals surface area contributed by atoms with Crippen molar-refractivity contribution in [2.45, 2.75) is 63.8 Å². The zero-order valence-corrected chi connectivity index (χ0v) is 11.5. The fraction of sp³-hybridized carbons (Fsp3) is 0.647. The van der Waals surface area contributed by atoms with Crippen molar-refractivity contribution in [2.75, 3.05) is 0 Å². The fourth-order valence-electron chi connectivity index (χ4n) is 3.92. The highest BCUT2D eigenvalue weighted by atomic mass is 14.8. The molecule has 18 heavy (non-hydrogen) atoms. The molecule has 1 nitrogen and oxygen atoms in total. The SMILES string of the molecule is CCC1CCC(N)(Cc2ccc3c(c2)CCC3)C1. The van der Waals surface area contributed by atoms with Crippen molar-refractivity contribution < 1.29 is 0 Å². The Morgan fingerprint density at radius 2 is 2.11 bits per heavy atom. The van der Waals surface area contributed by atoms with Gasteiger partial charge in [-0.15, -0.1) is 0 Å². The molecule has 0 amide bonds. The van der Waals surface area contributed by atoms with Gasteiger partial charge in [-0.05, 0) is 67.6 Å². The van der Waals surface area contributed by atoms with E-state index in [1.165, 1.54) is 50.5 Å². The number of benzene rings is 1. The van der Waals surface area contributed by atoms with Gasteiger partial charge in [0.15, 0.2) is 0 Å². The smallest absolute Gasteiger partial charge is 0.0197 e. The molecule has 2 unspecified atom stereocenters. The molecule has 0 saturated heterocycles. The number of hydrogen-bond donors (Lipinski definition) is 1. The molecule has 0 aliphatic heterocycles. The Hall–Kier alpha value is -0.820. The molecule has 2 N–H and O–H groups in total. The van der Waals surface area contributed by atoms with Crippen molar-refractivity contribution >= 4 is 0 Å². The Morgan fingerprint density at radius 3 is 2.89 bits per heavy atom. The Kier molecular flexibility index (Phi) is 3.19. The molecule has 2 aliphatic rings. The molecular formula is C17H25N. The number of hydrogen-bond acceptors (Lipinski definition) is 1. The molecule has 0 heterocycles. The molecule has 0 bridgehead atoms. The lowest BCUT2D eigenvalue weighted by Gasteiger charge is -2.24. The highest BCUT2D eigenvalue weighted by Crippen LogP contribution is 2.37. The number of aryl methyl sites for hydroxylation is 2. The largest absolute Gasteiger partial charge is 0.325 e. The van der Waals surface area contributed by atoms with E-state index in [0.717, 1.165) is 12.3 Å². The summed E-state index contributed by atoms with van der Waals surface area (Å²) in [7, 11) is 0. The quantitative estimate of drug-likeness (QED) is 0.862. The average molecular weight is 243 g/mol. The van der Waals surface area contributed by atoms with Crippen molar-refractivity contribution in [1.82, 2.24) is 0 Å². The van der Waals surface area contributed by atoms with Crippen LogP contribution in [0.15, 0.2) is 18.2 Å². The second-order valence-corrected chi connectivity index (χ2v) is 6.51. The average Bonchev–Trinajstić information content (AvgIpc) is 2.95. The summed E-state index contributed by atoms with van der Waals surface area (Å²) in [6.45, 7) is 2.30. The molecular weight excluding hydrogens is 218 g/mol. The number of nitrogens with two attached hydrogens (primary N) is 1. The highest BCUT2D eigenvalue weighted by Gasteiger charge is 2.34. The maximum atomic E-state index is 6.60. The summed E-state index contributed by atoms with van der Waals surface area (Å²) >= 11 is 0. The van der Waals surface area contributed by atoms with E-state index in [-0.39, 0.29) is 5.54 Å². The van der Waals surface area contributed by atoms with Gasteiger partial charge in [-0.25, -0.2) is 0 Å². The first-order chi connectivity index (χ1) is 8.68. The van der Waals surface area contributed by atoms with Crippen LogP contribution in [-0.2, 0) is 19.3 Å². The summed E-state index contributed by atoms with van der Waals surface area (Å²) in [5.74, 6) is 0.865. The van der Waals surface area contributed by atoms with Crippen LogP contribution in [0.1, 0.15) is 55.7 Å². The molecule has 2 aliphatic carbocycles. The van der Waals surface area contributed by atoms with Gasteiger partial charge in [-0.3, -0.25) is 0 Å². The van der Waals surface area contributed by atoms with Crippen molar-refractivity contribution in [3.8, 4) is 0 Å². The van der Waals surface area contributed by atoms with E-state index in [4.69, 9.17) is 5.73 Å². The van der Waals surface area contributed by atoms with E-state index in [2.05, 4.69) is 25.1 Å². The van der Waals surface area contributed by atoms with Crippen LogP contribution >= 0.6 is 0 Å². The second-order valence-electron chi connectivity index (χ2n) is 6.51. The Bertz CT molecular complexity index is 437. The maximum Gasteiger partial charge on any atom is 0.0197 e. The van der Waals surface area contributed by atoms with Crippen LogP contribution in [0.25, 0.3) is 0 Å². The minimum absolute atomic E-state index is 0.0769. The van der Waals surface area contributed by atoms with Crippen LogP contribution in [-0.4, -0.2) is 5.54 Å². The van der Waals surface area contributed by atoms with E-state index in [0.29, 0.717) is 0 Å². The van der Waals surface area contributed by atoms with Gasteiger partial charge < -0.3 is 5.73 Å². The zero-order chi connectivity index (χ0) is 12.6. The summed E-state index contributed by atoms with van der Waals surface area (Å²) in [5.41, 5.74) is 11.3. The molecule has 1 heteroatoms. The van der Waals surface area contributed by atoms with Gasteiger partial charge in [0, 0.05) is 5.54 Å². The minimum atomic E-state index is 0.0769. The van der Waals surface area contributed by atoms with Gasteiger partial charge in [-0.1, -0.05) is 31.5 Å². The van der Waals surface area contributed by atoms with E-state index in [9.17, 15) is 0 Å². The van der Waals surface area contributed by atoms with Crippen LogP contribution in [0.3, 0.4) is 0 Å². The third kappa shape index (κ3) is 2.33. The lowest BCUT2D eigenvalue weighted by molar-refractivity contribution is 0.407. The van der Waals surface area contributed by atoms with E-state index in [1.54, 1.807) is 11.1 Å². The fourth-order valence-corrected chi connectivity index (χ4v) is 3.92. The Balaban J connectivity index is 1.73. The lowest BCUT2D eigenvalue weighted by Crippen LogP contribution is -2.39. The third-order valence-electron chi connectivity index (χ3n) is 5.04. The van der Waals surface area contributed by atoms with Crippen LogP contribution in [0.5, 0.6) is 0 Å². The first-order valence-electron chi connectivity index (χ1n) is 7.58. The molecule has 0 radical (unpaired) electrons. The van der Waals surface area contributed by atoms with Crippen LogP contribution in [0.4, 0.5) is 0 Å². The minimum Gasteiger partial charge on any atom is -0.325 e. The summed E-state index contributed by atoms with van der Waals surface area (Å²) < 4.78 is 0. The number of fused-ring (bicyclic) bond motifs is 1. The standard InChI is InChI=1S/C17H25N/c1-2-13-8-9-17(18,11-13)12-14-6-7-15-4-3-5-16(15)10-14/h6-7,10,13H,2-5,8-9,11-12,18H2,1H3. The highest BCUT2D eigenvalue weighted by molar-refractivity contribution is 5.36. The van der Waals surface area contributed by atoms with Crippen LogP contribution in [0.2, 0.25) is 0 Å². The second kappa shape index (κ2) is 4.70. The zero-order valence-electron chi connectivity index (χ0n) is 11.5. The Labute approximate surface area is 111 Å². The van der Waals surface area contributed by atoms with Crippen molar-refractivity contribution in [3.05, 3.63) is 34.9 Å². The summed E-state index contributed by atoms with van der Waals surface area (Å²) in [6.07, 6.45) is 10.0. The van der Waals surface area contributed by atoms with Gasteiger partial charge in [-0.2, -0.15) is 0 Å². The van der Waals surface area contributed by atoms with Crippen molar-refractivity contribution in [1.29, 1.82) is 0 Å². The first-order valence-corrected chi connectivity index (χ1v) is 7.58. The molecule has 1 aromatic carbocycles. The summed E-state index contributed by atoms with van der Waals surface area (Å²) in [4.78, 5) is 0. The van der Waals surface area contributed by atoms with Crippen LogP contribution < -0.4 is 5.73 Å². The molecule has 3 rings (SSSR count). The topological polar surface area (TPSA) is 26.0 Å². The summed E-state index contributed by atoms with van der Waals surface area (Å²) in [5, 5.41) is 0. The third-order valence-corrected chi connectivity index (χ3v) is 5.04. The van der Waals surface area contributed by atoms with Gasteiger partial charge in [0.2, 0.25) is 0 Å². The lowest BCUT2D eigenvalue weighted by atomic mass is 9.88. The van der Waals surface area contributed by atoms with Crippen molar-refractivity contribution in [3.63, 3.8) is 0 Å². The monoisotopic (exact) mass is 243 g/mol. The predicted molar refractivity (Wildman–Crippen MR) is 76.7 cm³/mol. The molecule has 0 aromatic heterocycles. The molecule has 1 aromatic rings. The van der Waals surface area contributed by atoms with E-state index < -0.39 is 0 Å². The molecule has 1 saturated carbocycles. The molecule has 0 spiro atoms. The van der Waals surface area contributed by atoms with Gasteiger partial charge >= 0.3 is 0 Å². The molecule has 2 atom stereocenters. The normalized spacial score (nSPS) is 30.7. The van der Waals surface area contributed by atoms with Crippen LogP contribution in [0, 0.1) is 5.92 Å². The van der Waals surface area contributed by atoms with Gasteiger partial charge in [0.25, 0.3) is 0 Å². The molecule has 98 valence electrons. The van der Waals surface area contributed by atoms with E-state index >= 15 is 0 Å². The van der Waals surface area contributed by atoms with Crippen molar-refractivity contribution in [2.24, 2.45) is 11.7 Å². The van der Waals surface area contributed by atoms with Gasteiger partial charge in [0.05, 0.1) is 0 Å². The maximum absolute atomic E-state index is 6.60. The molecule has 1 fully saturated rings. The number of rotatable bonds is 3.